The summed E-state index contributed by atoms with van der Waals surface area (Å²) in [6, 6.07) is 0. The third-order valence-corrected chi connectivity index (χ3v) is 4.03. The molecule has 122 valence electrons. The van der Waals surface area contributed by atoms with Crippen molar-refractivity contribution in [1.29, 1.82) is 0 Å². The molecule has 0 saturated carbocycles. The topological polar surface area (TPSA) is 46.5 Å². The molecule has 0 aromatic carbocycles. The Morgan fingerprint density at radius 2 is 1.91 bits per heavy atom. The molecule has 0 aliphatic carbocycles. The Hall–Kier alpha value is -1.61. The molecule has 0 aromatic heterocycles. The standard InChI is InChI=1S/C19H28O3/c1-5-7-18(16-10-12-22-13-11-16)17(14(3)4)9-8-15(6-2)19(20)21/h6-8,16H,2,5,9-13H2,1,3-4H3,(H,20,21)/b15-8?,18-7-. The quantitative estimate of drug-likeness (QED) is 0.549. The van der Waals surface area contributed by atoms with Gasteiger partial charge in [0.2, 0.25) is 0 Å². The van der Waals surface area contributed by atoms with Crippen LogP contribution in [0.3, 0.4) is 0 Å². The van der Waals surface area contributed by atoms with Gasteiger partial charge in [0.1, 0.15) is 0 Å². The molecule has 1 heterocycles. The Morgan fingerprint density at radius 1 is 1.27 bits per heavy atom. The fourth-order valence-corrected chi connectivity index (χ4v) is 2.85. The van der Waals surface area contributed by atoms with Crippen molar-refractivity contribution < 1.29 is 14.6 Å². The molecule has 0 amide bonds. The summed E-state index contributed by atoms with van der Waals surface area (Å²) in [4.78, 5) is 11.1. The molecule has 1 saturated heterocycles. The van der Waals surface area contributed by atoms with E-state index < -0.39 is 5.97 Å². The lowest BCUT2D eigenvalue weighted by Gasteiger charge is -2.27. The van der Waals surface area contributed by atoms with E-state index in [9.17, 15) is 4.79 Å². The zero-order chi connectivity index (χ0) is 16.5. The monoisotopic (exact) mass is 304 g/mol. The number of carbonyl (C=O) groups is 1. The van der Waals surface area contributed by atoms with Crippen molar-refractivity contribution in [2.75, 3.05) is 13.2 Å². The molecule has 0 spiro atoms. The van der Waals surface area contributed by atoms with Crippen molar-refractivity contribution in [3.8, 4) is 0 Å². The Morgan fingerprint density at radius 3 is 2.36 bits per heavy atom. The minimum Gasteiger partial charge on any atom is -0.478 e. The second-order valence-electron chi connectivity index (χ2n) is 5.81. The van der Waals surface area contributed by atoms with Gasteiger partial charge in [-0.25, -0.2) is 4.79 Å². The highest BCUT2D eigenvalue weighted by Gasteiger charge is 2.21. The maximum Gasteiger partial charge on any atom is 0.335 e. The van der Waals surface area contributed by atoms with Gasteiger partial charge in [-0.05, 0) is 56.6 Å². The lowest BCUT2D eigenvalue weighted by atomic mass is 9.83. The smallest absolute Gasteiger partial charge is 0.335 e. The summed E-state index contributed by atoms with van der Waals surface area (Å²) in [6.07, 6.45) is 9.17. The van der Waals surface area contributed by atoms with Gasteiger partial charge in [-0.15, -0.1) is 0 Å². The van der Waals surface area contributed by atoms with E-state index in [1.54, 1.807) is 6.08 Å². The molecule has 1 N–H and O–H groups in total. The number of carboxylic acid groups (broad SMARTS) is 1. The fourth-order valence-electron chi connectivity index (χ4n) is 2.85. The van der Waals surface area contributed by atoms with E-state index in [1.165, 1.54) is 22.8 Å². The molecular formula is C19H28O3. The average Bonchev–Trinajstić information content (AvgIpc) is 2.50. The van der Waals surface area contributed by atoms with Crippen LogP contribution < -0.4 is 0 Å². The Balaban J connectivity index is 3.06. The number of carboxylic acids is 1. The first-order valence-electron chi connectivity index (χ1n) is 8.01. The maximum absolute atomic E-state index is 11.1. The van der Waals surface area contributed by atoms with Crippen LogP contribution in [0.25, 0.3) is 0 Å². The summed E-state index contributed by atoms with van der Waals surface area (Å²) >= 11 is 0. The van der Waals surface area contributed by atoms with E-state index in [-0.39, 0.29) is 5.57 Å². The number of hydrogen-bond donors (Lipinski definition) is 1. The molecule has 1 rings (SSSR count). The highest BCUT2D eigenvalue weighted by Crippen LogP contribution is 2.33. The maximum atomic E-state index is 11.1. The van der Waals surface area contributed by atoms with Gasteiger partial charge in [-0.3, -0.25) is 0 Å². The fraction of sp³-hybridized carbons (Fsp3) is 0.526. The number of rotatable bonds is 7. The minimum atomic E-state index is -0.921. The second kappa shape index (κ2) is 9.42. The predicted molar refractivity (Wildman–Crippen MR) is 90.8 cm³/mol. The van der Waals surface area contributed by atoms with Crippen LogP contribution in [0, 0.1) is 5.92 Å². The second-order valence-corrected chi connectivity index (χ2v) is 5.81. The molecule has 0 bridgehead atoms. The summed E-state index contributed by atoms with van der Waals surface area (Å²) in [7, 11) is 0. The molecule has 0 radical (unpaired) electrons. The largest absolute Gasteiger partial charge is 0.478 e. The van der Waals surface area contributed by atoms with Crippen LogP contribution in [-0.2, 0) is 9.53 Å². The van der Waals surface area contributed by atoms with Gasteiger partial charge in [-0.2, -0.15) is 0 Å². The van der Waals surface area contributed by atoms with E-state index in [0.717, 1.165) is 32.5 Å². The zero-order valence-corrected chi connectivity index (χ0v) is 14.0. The summed E-state index contributed by atoms with van der Waals surface area (Å²) in [6.45, 7) is 11.5. The molecule has 1 fully saturated rings. The van der Waals surface area contributed by atoms with Crippen LogP contribution in [0.2, 0.25) is 0 Å². The Kier molecular flexibility index (Phi) is 7.89. The number of aliphatic carboxylic acids is 1. The van der Waals surface area contributed by atoms with Gasteiger partial charge in [0.25, 0.3) is 0 Å². The van der Waals surface area contributed by atoms with Gasteiger partial charge < -0.3 is 9.84 Å². The van der Waals surface area contributed by atoms with Gasteiger partial charge in [0, 0.05) is 13.2 Å². The molecule has 0 aromatic rings. The average molecular weight is 304 g/mol. The van der Waals surface area contributed by atoms with Gasteiger partial charge >= 0.3 is 5.97 Å². The lowest BCUT2D eigenvalue weighted by Crippen LogP contribution is -2.19. The summed E-state index contributed by atoms with van der Waals surface area (Å²) in [5, 5.41) is 9.13. The van der Waals surface area contributed by atoms with Gasteiger partial charge in [0.15, 0.2) is 0 Å². The van der Waals surface area contributed by atoms with E-state index in [0.29, 0.717) is 12.3 Å². The Labute approximate surface area is 134 Å². The molecule has 0 atom stereocenters. The van der Waals surface area contributed by atoms with Crippen LogP contribution in [-0.4, -0.2) is 24.3 Å². The van der Waals surface area contributed by atoms with Gasteiger partial charge in [-0.1, -0.05) is 37.3 Å². The summed E-state index contributed by atoms with van der Waals surface area (Å²) < 4.78 is 5.47. The number of ether oxygens (including phenoxy) is 1. The number of allylic oxidation sites excluding steroid dienone is 5. The first-order valence-corrected chi connectivity index (χ1v) is 8.01. The third kappa shape index (κ3) is 5.30. The van der Waals surface area contributed by atoms with Crippen molar-refractivity contribution in [3.05, 3.63) is 47.1 Å². The van der Waals surface area contributed by atoms with Crippen molar-refractivity contribution in [2.24, 2.45) is 5.92 Å². The molecule has 3 nitrogen and oxygen atoms in total. The van der Waals surface area contributed by atoms with Crippen LogP contribution >= 0.6 is 0 Å². The first kappa shape index (κ1) is 18.4. The van der Waals surface area contributed by atoms with Crippen molar-refractivity contribution in [3.63, 3.8) is 0 Å². The van der Waals surface area contributed by atoms with E-state index in [4.69, 9.17) is 9.84 Å². The first-order chi connectivity index (χ1) is 10.5. The zero-order valence-electron chi connectivity index (χ0n) is 14.0. The predicted octanol–water partition coefficient (Wildman–Crippen LogP) is 4.67. The van der Waals surface area contributed by atoms with Crippen molar-refractivity contribution in [2.45, 2.75) is 46.5 Å². The van der Waals surface area contributed by atoms with Gasteiger partial charge in [0.05, 0.1) is 5.57 Å². The van der Waals surface area contributed by atoms with Crippen LogP contribution in [0.15, 0.2) is 47.1 Å². The molecule has 22 heavy (non-hydrogen) atoms. The van der Waals surface area contributed by atoms with E-state index >= 15 is 0 Å². The third-order valence-electron chi connectivity index (χ3n) is 4.03. The number of hydrogen-bond acceptors (Lipinski definition) is 2. The van der Waals surface area contributed by atoms with E-state index in [1.807, 2.05) is 0 Å². The molecular weight excluding hydrogens is 276 g/mol. The minimum absolute atomic E-state index is 0.265. The highest BCUT2D eigenvalue weighted by atomic mass is 16.5. The van der Waals surface area contributed by atoms with E-state index in [2.05, 4.69) is 33.4 Å². The SMILES string of the molecule is C=CC(=CCC(=C(C)C)/C(=C\CC)C1CCOCC1)C(=O)O. The van der Waals surface area contributed by atoms with Crippen LogP contribution in [0.1, 0.15) is 46.5 Å². The van der Waals surface area contributed by atoms with Crippen molar-refractivity contribution in [1.82, 2.24) is 0 Å². The van der Waals surface area contributed by atoms with Crippen LogP contribution in [0.4, 0.5) is 0 Å². The summed E-state index contributed by atoms with van der Waals surface area (Å²) in [5.74, 6) is -0.404. The van der Waals surface area contributed by atoms with Crippen molar-refractivity contribution >= 4 is 5.97 Å². The highest BCUT2D eigenvalue weighted by molar-refractivity contribution is 5.89. The molecule has 0 unspecified atom stereocenters. The molecule has 1 aliphatic heterocycles. The summed E-state index contributed by atoms with van der Waals surface area (Å²) in [5.41, 5.74) is 4.14. The van der Waals surface area contributed by atoms with Crippen LogP contribution in [0.5, 0.6) is 0 Å². The Bertz CT molecular complexity index is 485. The lowest BCUT2D eigenvalue weighted by molar-refractivity contribution is -0.132. The normalized spacial score (nSPS) is 17.2. The molecule has 3 heteroatoms. The molecule has 1 aliphatic rings.